The Morgan fingerprint density at radius 3 is 2.52 bits per heavy atom. The van der Waals surface area contributed by atoms with Crippen molar-refractivity contribution in [2.75, 3.05) is 27.0 Å². The summed E-state index contributed by atoms with van der Waals surface area (Å²) in [6, 6.07) is -0.638. The van der Waals surface area contributed by atoms with Gasteiger partial charge in [0.1, 0.15) is 0 Å². The molecule has 0 bridgehead atoms. The van der Waals surface area contributed by atoms with Gasteiger partial charge >= 0.3 is 12.1 Å². The second-order valence-electron chi connectivity index (χ2n) is 4.94. The SMILES string of the molecule is CCCCCOC(=O)n1nc(S(C)(=O)=O)sc1=NC(=O)N(C)C. The van der Waals surface area contributed by atoms with E-state index in [1.54, 1.807) is 0 Å². The highest BCUT2D eigenvalue weighted by molar-refractivity contribution is 7.92. The number of ether oxygens (including phenoxy) is 1. The van der Waals surface area contributed by atoms with Gasteiger partial charge in [-0.2, -0.15) is 4.99 Å². The number of hydrogen-bond acceptors (Lipinski definition) is 7. The Hall–Kier alpha value is -1.75. The van der Waals surface area contributed by atoms with E-state index in [4.69, 9.17) is 4.74 Å². The van der Waals surface area contributed by atoms with Crippen LogP contribution in [0.2, 0.25) is 0 Å². The number of aromatic nitrogens is 2. The van der Waals surface area contributed by atoms with E-state index >= 15 is 0 Å². The molecule has 1 aromatic heterocycles. The van der Waals surface area contributed by atoms with Gasteiger partial charge in [-0.3, -0.25) is 0 Å². The van der Waals surface area contributed by atoms with E-state index in [0.717, 1.165) is 19.1 Å². The first-order valence-electron chi connectivity index (χ1n) is 6.90. The van der Waals surface area contributed by atoms with E-state index in [-0.39, 0.29) is 15.7 Å². The molecule has 0 aliphatic heterocycles. The van der Waals surface area contributed by atoms with Gasteiger partial charge in [0.2, 0.25) is 19.0 Å². The first-order valence-corrected chi connectivity index (χ1v) is 9.61. The van der Waals surface area contributed by atoms with E-state index in [2.05, 4.69) is 10.1 Å². The van der Waals surface area contributed by atoms with Crippen LogP contribution in [0.15, 0.2) is 9.33 Å². The van der Waals surface area contributed by atoms with Gasteiger partial charge in [0.15, 0.2) is 0 Å². The molecule has 0 spiro atoms. The lowest BCUT2D eigenvalue weighted by Gasteiger charge is -2.05. The lowest BCUT2D eigenvalue weighted by Crippen LogP contribution is -2.29. The molecule has 0 aromatic carbocycles. The number of nitrogens with zero attached hydrogens (tertiary/aromatic N) is 4. The van der Waals surface area contributed by atoms with E-state index < -0.39 is 22.0 Å². The molecular formula is C12H20N4O5S2. The molecule has 2 amide bonds. The normalized spacial score (nSPS) is 12.3. The molecular weight excluding hydrogens is 344 g/mol. The maximum absolute atomic E-state index is 12.0. The van der Waals surface area contributed by atoms with Crippen molar-refractivity contribution in [2.24, 2.45) is 4.99 Å². The maximum Gasteiger partial charge on any atom is 0.437 e. The van der Waals surface area contributed by atoms with Crippen LogP contribution in [0.3, 0.4) is 0 Å². The van der Waals surface area contributed by atoms with Crippen molar-refractivity contribution < 1.29 is 22.7 Å². The molecule has 0 fully saturated rings. The number of sulfone groups is 1. The van der Waals surface area contributed by atoms with E-state index in [1.165, 1.54) is 19.0 Å². The number of hydrogen-bond donors (Lipinski definition) is 0. The van der Waals surface area contributed by atoms with Crippen LogP contribution in [0, 0.1) is 0 Å². The van der Waals surface area contributed by atoms with Crippen LogP contribution in [0.25, 0.3) is 0 Å². The summed E-state index contributed by atoms with van der Waals surface area (Å²) in [7, 11) is -0.662. The number of urea groups is 1. The molecule has 0 saturated carbocycles. The third-order valence-electron chi connectivity index (χ3n) is 2.58. The fourth-order valence-corrected chi connectivity index (χ4v) is 3.02. The number of carbonyl (C=O) groups excluding carboxylic acids is 2. The smallest absolute Gasteiger partial charge is 0.437 e. The molecule has 130 valence electrons. The summed E-state index contributed by atoms with van der Waals surface area (Å²) >= 11 is 0.633. The van der Waals surface area contributed by atoms with Crippen LogP contribution in [0.4, 0.5) is 9.59 Å². The van der Waals surface area contributed by atoms with Gasteiger partial charge in [-0.25, -0.2) is 18.0 Å². The molecule has 0 N–H and O–H groups in total. The molecule has 1 aromatic rings. The zero-order valence-corrected chi connectivity index (χ0v) is 15.1. The van der Waals surface area contributed by atoms with Crippen molar-refractivity contribution in [1.82, 2.24) is 14.7 Å². The molecule has 0 radical (unpaired) electrons. The van der Waals surface area contributed by atoms with Gasteiger partial charge in [0.25, 0.3) is 0 Å². The predicted molar refractivity (Wildman–Crippen MR) is 84.1 cm³/mol. The second kappa shape index (κ2) is 8.20. The average Bonchev–Trinajstić information content (AvgIpc) is 2.87. The van der Waals surface area contributed by atoms with Crippen molar-refractivity contribution >= 4 is 33.3 Å². The Balaban J connectivity index is 3.16. The lowest BCUT2D eigenvalue weighted by molar-refractivity contribution is 0.141. The molecule has 9 nitrogen and oxygen atoms in total. The minimum Gasteiger partial charge on any atom is -0.448 e. The lowest BCUT2D eigenvalue weighted by atomic mass is 10.3. The molecule has 1 heterocycles. The van der Waals surface area contributed by atoms with Crippen LogP contribution in [0.5, 0.6) is 0 Å². The summed E-state index contributed by atoms with van der Waals surface area (Å²) in [6.45, 7) is 2.20. The summed E-state index contributed by atoms with van der Waals surface area (Å²) in [6.07, 6.45) is 2.66. The highest BCUT2D eigenvalue weighted by Gasteiger charge is 2.20. The van der Waals surface area contributed by atoms with Crippen LogP contribution in [0.1, 0.15) is 26.2 Å². The van der Waals surface area contributed by atoms with Gasteiger partial charge in [-0.1, -0.05) is 31.1 Å². The Kier molecular flexibility index (Phi) is 6.88. The minimum absolute atomic E-state index is 0.149. The summed E-state index contributed by atoms with van der Waals surface area (Å²) in [5.41, 5.74) is 0. The van der Waals surface area contributed by atoms with Crippen molar-refractivity contribution in [3.8, 4) is 0 Å². The zero-order valence-electron chi connectivity index (χ0n) is 13.5. The second-order valence-corrected chi connectivity index (χ2v) is 8.09. The number of carbonyl (C=O) groups is 2. The number of unbranched alkanes of at least 4 members (excludes halogenated alkanes) is 2. The van der Waals surface area contributed by atoms with Crippen molar-refractivity contribution in [1.29, 1.82) is 0 Å². The van der Waals surface area contributed by atoms with Crippen LogP contribution in [-0.4, -0.2) is 62.2 Å². The molecule has 0 aliphatic carbocycles. The fourth-order valence-electron chi connectivity index (χ4n) is 1.36. The average molecular weight is 364 g/mol. The monoisotopic (exact) mass is 364 g/mol. The Bertz CT molecular complexity index is 733. The fraction of sp³-hybridized carbons (Fsp3) is 0.667. The van der Waals surface area contributed by atoms with Crippen LogP contribution >= 0.6 is 11.3 Å². The largest absolute Gasteiger partial charge is 0.448 e. The molecule has 0 saturated heterocycles. The first kappa shape index (κ1) is 19.3. The highest BCUT2D eigenvalue weighted by Crippen LogP contribution is 2.08. The van der Waals surface area contributed by atoms with Gasteiger partial charge in [-0.15, -0.1) is 9.78 Å². The number of rotatable bonds is 5. The molecule has 0 atom stereocenters. The summed E-state index contributed by atoms with van der Waals surface area (Å²) in [4.78, 5) is 28.4. The minimum atomic E-state index is -3.63. The maximum atomic E-state index is 12.0. The quantitative estimate of drug-likeness (QED) is 0.724. The van der Waals surface area contributed by atoms with Crippen molar-refractivity contribution in [2.45, 2.75) is 30.5 Å². The molecule has 23 heavy (non-hydrogen) atoms. The highest BCUT2D eigenvalue weighted by atomic mass is 32.2. The molecule has 11 heteroatoms. The standard InChI is InChI=1S/C12H20N4O5S2/c1-5-6-7-8-21-12(18)16-10(13-9(17)15(2)3)22-11(14-16)23(4,19)20/h5-8H2,1-4H3. The topological polar surface area (TPSA) is 111 Å². The van der Waals surface area contributed by atoms with E-state index in [1.807, 2.05) is 6.92 Å². The van der Waals surface area contributed by atoms with Gasteiger partial charge in [0.05, 0.1) is 6.61 Å². The Morgan fingerprint density at radius 1 is 1.35 bits per heavy atom. The van der Waals surface area contributed by atoms with Crippen molar-refractivity contribution in [3.05, 3.63) is 4.80 Å². The van der Waals surface area contributed by atoms with Gasteiger partial charge in [-0.05, 0) is 6.42 Å². The van der Waals surface area contributed by atoms with Crippen LogP contribution < -0.4 is 4.80 Å². The zero-order chi connectivity index (χ0) is 17.6. The third-order valence-corrected chi connectivity index (χ3v) is 5.16. The summed E-state index contributed by atoms with van der Waals surface area (Å²) < 4.78 is 28.6. The van der Waals surface area contributed by atoms with Crippen LogP contribution in [-0.2, 0) is 14.6 Å². The third kappa shape index (κ3) is 5.75. The van der Waals surface area contributed by atoms with Crippen molar-refractivity contribution in [3.63, 3.8) is 0 Å². The molecule has 0 unspecified atom stereocenters. The predicted octanol–water partition coefficient (Wildman–Crippen LogP) is 1.11. The molecule has 1 rings (SSSR count). The van der Waals surface area contributed by atoms with E-state index in [9.17, 15) is 18.0 Å². The number of amides is 2. The van der Waals surface area contributed by atoms with E-state index in [0.29, 0.717) is 22.4 Å². The van der Waals surface area contributed by atoms with Gasteiger partial charge < -0.3 is 9.64 Å². The first-order chi connectivity index (χ1) is 10.7. The summed E-state index contributed by atoms with van der Waals surface area (Å²) in [5.74, 6) is 0. The summed E-state index contributed by atoms with van der Waals surface area (Å²) in [5, 5.41) is 3.70. The Morgan fingerprint density at radius 2 is 2.00 bits per heavy atom. The Labute approximate surface area is 138 Å². The molecule has 0 aliphatic rings. The van der Waals surface area contributed by atoms with Gasteiger partial charge in [0, 0.05) is 20.4 Å².